The molecule has 1 rings (SSSR count). The Labute approximate surface area is 102 Å². The second-order valence-electron chi connectivity index (χ2n) is 4.31. The highest BCUT2D eigenvalue weighted by Crippen LogP contribution is 2.14. The summed E-state index contributed by atoms with van der Waals surface area (Å²) in [6.07, 6.45) is 0. The van der Waals surface area contributed by atoms with Crippen molar-refractivity contribution in [3.8, 4) is 6.07 Å². The van der Waals surface area contributed by atoms with Gasteiger partial charge < -0.3 is 10.2 Å². The van der Waals surface area contributed by atoms with Gasteiger partial charge in [-0.1, -0.05) is 0 Å². The maximum absolute atomic E-state index is 13.5. The predicted molar refractivity (Wildman–Crippen MR) is 67.4 cm³/mol. The fraction of sp³-hybridized carbons (Fsp3) is 0.462. The minimum Gasteiger partial charge on any atom is -0.381 e. The van der Waals surface area contributed by atoms with Crippen LogP contribution >= 0.6 is 0 Å². The molecule has 1 N–H and O–H groups in total. The Balaban J connectivity index is 2.50. The summed E-state index contributed by atoms with van der Waals surface area (Å²) in [4.78, 5) is 2.18. The highest BCUT2D eigenvalue weighted by molar-refractivity contribution is 5.48. The molecule has 0 fully saturated rings. The molecule has 4 heteroatoms. The number of nitrogens with one attached hydrogen (secondary N) is 1. The van der Waals surface area contributed by atoms with Crippen molar-refractivity contribution in [3.63, 3.8) is 0 Å². The number of benzene rings is 1. The quantitative estimate of drug-likeness (QED) is 0.852. The highest BCUT2D eigenvalue weighted by atomic mass is 19.1. The molecule has 0 spiro atoms. The predicted octanol–water partition coefficient (Wildman–Crippen LogP) is 2.45. The average molecular weight is 235 g/mol. The smallest absolute Gasteiger partial charge is 0.147 e. The minimum absolute atomic E-state index is 0.340. The highest BCUT2D eigenvalue weighted by Gasteiger charge is 2.05. The van der Waals surface area contributed by atoms with Crippen molar-refractivity contribution in [1.82, 2.24) is 4.90 Å². The van der Waals surface area contributed by atoms with Crippen molar-refractivity contribution in [2.45, 2.75) is 19.9 Å². The van der Waals surface area contributed by atoms with E-state index in [2.05, 4.69) is 24.1 Å². The Kier molecular flexibility index (Phi) is 4.92. The first-order valence-corrected chi connectivity index (χ1v) is 5.68. The zero-order valence-electron chi connectivity index (χ0n) is 10.5. The van der Waals surface area contributed by atoms with Gasteiger partial charge in [0.2, 0.25) is 0 Å². The first kappa shape index (κ1) is 13.5. The van der Waals surface area contributed by atoms with Crippen LogP contribution in [-0.4, -0.2) is 31.1 Å². The SMILES string of the molecule is CC(C)N(C)CCNc1ccc(C#N)cc1F. The molecule has 3 nitrogen and oxygen atoms in total. The third kappa shape index (κ3) is 4.04. The Morgan fingerprint density at radius 2 is 2.18 bits per heavy atom. The maximum atomic E-state index is 13.5. The van der Waals surface area contributed by atoms with E-state index < -0.39 is 0 Å². The summed E-state index contributed by atoms with van der Waals surface area (Å²) in [5.41, 5.74) is 0.786. The molecule has 0 unspecified atom stereocenters. The van der Waals surface area contributed by atoms with E-state index in [1.165, 1.54) is 6.07 Å². The standard InChI is InChI=1S/C13H18FN3/c1-10(2)17(3)7-6-16-13-5-4-11(9-15)8-12(13)14/h4-5,8,10,16H,6-7H2,1-3H3. The zero-order chi connectivity index (χ0) is 12.8. The van der Waals surface area contributed by atoms with E-state index in [4.69, 9.17) is 5.26 Å². The molecular weight excluding hydrogens is 217 g/mol. The molecule has 0 bridgehead atoms. The number of rotatable bonds is 5. The molecule has 0 aliphatic carbocycles. The molecule has 1 aromatic carbocycles. The molecule has 17 heavy (non-hydrogen) atoms. The van der Waals surface area contributed by atoms with E-state index in [0.717, 1.165) is 6.54 Å². The lowest BCUT2D eigenvalue weighted by atomic mass is 10.2. The monoisotopic (exact) mass is 235 g/mol. The molecule has 0 aliphatic rings. The van der Waals surface area contributed by atoms with Crippen LogP contribution < -0.4 is 5.32 Å². The van der Waals surface area contributed by atoms with Crippen molar-refractivity contribution in [2.75, 3.05) is 25.5 Å². The number of likely N-dealkylation sites (N-methyl/N-ethyl adjacent to an activating group) is 1. The van der Waals surface area contributed by atoms with Crippen LogP contribution in [0, 0.1) is 17.1 Å². The minimum atomic E-state index is -0.378. The lowest BCUT2D eigenvalue weighted by Gasteiger charge is -2.21. The fourth-order valence-corrected chi connectivity index (χ4v) is 1.35. The zero-order valence-corrected chi connectivity index (χ0v) is 10.5. The number of hydrogen-bond donors (Lipinski definition) is 1. The van der Waals surface area contributed by atoms with Crippen LogP contribution in [0.2, 0.25) is 0 Å². The molecule has 0 atom stereocenters. The molecular formula is C13H18FN3. The summed E-state index contributed by atoms with van der Waals surface area (Å²) in [6, 6.07) is 6.84. The van der Waals surface area contributed by atoms with Gasteiger partial charge in [0.1, 0.15) is 5.82 Å². The molecule has 0 saturated carbocycles. The Morgan fingerprint density at radius 1 is 1.47 bits per heavy atom. The number of anilines is 1. The Hall–Kier alpha value is -1.60. The van der Waals surface area contributed by atoms with Gasteiger partial charge in [0, 0.05) is 19.1 Å². The third-order valence-electron chi connectivity index (χ3n) is 2.76. The lowest BCUT2D eigenvalue weighted by molar-refractivity contribution is 0.284. The van der Waals surface area contributed by atoms with E-state index >= 15 is 0 Å². The van der Waals surface area contributed by atoms with E-state index in [0.29, 0.717) is 23.8 Å². The summed E-state index contributed by atoms with van der Waals surface area (Å²) < 4.78 is 13.5. The van der Waals surface area contributed by atoms with Crippen LogP contribution in [-0.2, 0) is 0 Å². The first-order valence-electron chi connectivity index (χ1n) is 5.68. The number of nitrogens with zero attached hydrogens (tertiary/aromatic N) is 2. The van der Waals surface area contributed by atoms with E-state index in [1.807, 2.05) is 13.1 Å². The summed E-state index contributed by atoms with van der Waals surface area (Å²) >= 11 is 0. The molecule has 0 saturated heterocycles. The molecule has 0 heterocycles. The van der Waals surface area contributed by atoms with Crippen LogP contribution in [0.3, 0.4) is 0 Å². The lowest BCUT2D eigenvalue weighted by Crippen LogP contribution is -2.31. The van der Waals surface area contributed by atoms with Gasteiger partial charge in [0.25, 0.3) is 0 Å². The second-order valence-corrected chi connectivity index (χ2v) is 4.31. The fourth-order valence-electron chi connectivity index (χ4n) is 1.35. The van der Waals surface area contributed by atoms with Gasteiger partial charge in [-0.25, -0.2) is 4.39 Å². The summed E-state index contributed by atoms with van der Waals surface area (Å²) in [7, 11) is 2.03. The van der Waals surface area contributed by atoms with Gasteiger partial charge in [-0.15, -0.1) is 0 Å². The summed E-state index contributed by atoms with van der Waals surface area (Å²) in [5.74, 6) is -0.378. The molecule has 0 radical (unpaired) electrons. The van der Waals surface area contributed by atoms with Crippen molar-refractivity contribution >= 4 is 5.69 Å². The first-order chi connectivity index (χ1) is 8.04. The van der Waals surface area contributed by atoms with Crippen molar-refractivity contribution in [1.29, 1.82) is 5.26 Å². The van der Waals surface area contributed by atoms with Gasteiger partial charge in [-0.3, -0.25) is 0 Å². The number of hydrogen-bond acceptors (Lipinski definition) is 3. The van der Waals surface area contributed by atoms with Gasteiger partial charge in [-0.05, 0) is 39.1 Å². The van der Waals surface area contributed by atoms with E-state index in [1.54, 1.807) is 12.1 Å². The Morgan fingerprint density at radius 3 is 2.71 bits per heavy atom. The van der Waals surface area contributed by atoms with Crippen molar-refractivity contribution in [2.24, 2.45) is 0 Å². The van der Waals surface area contributed by atoms with Gasteiger partial charge >= 0.3 is 0 Å². The molecule has 0 amide bonds. The summed E-state index contributed by atoms with van der Waals surface area (Å²) in [6.45, 7) is 5.75. The van der Waals surface area contributed by atoms with Crippen LogP contribution in [0.5, 0.6) is 0 Å². The Bertz CT molecular complexity index is 410. The normalized spacial score (nSPS) is 10.6. The van der Waals surface area contributed by atoms with Gasteiger partial charge in [0.05, 0.1) is 17.3 Å². The molecule has 0 aliphatic heterocycles. The van der Waals surface area contributed by atoms with Crippen molar-refractivity contribution in [3.05, 3.63) is 29.6 Å². The largest absolute Gasteiger partial charge is 0.381 e. The van der Waals surface area contributed by atoms with E-state index in [-0.39, 0.29) is 5.82 Å². The molecule has 1 aromatic rings. The second kappa shape index (κ2) is 6.21. The maximum Gasteiger partial charge on any atom is 0.147 e. The van der Waals surface area contributed by atoms with Gasteiger partial charge in [0.15, 0.2) is 0 Å². The van der Waals surface area contributed by atoms with Crippen LogP contribution in [0.4, 0.5) is 10.1 Å². The number of halogens is 1. The van der Waals surface area contributed by atoms with Crippen LogP contribution in [0.25, 0.3) is 0 Å². The van der Waals surface area contributed by atoms with E-state index in [9.17, 15) is 4.39 Å². The average Bonchev–Trinajstić information content (AvgIpc) is 2.30. The van der Waals surface area contributed by atoms with Crippen LogP contribution in [0.15, 0.2) is 18.2 Å². The van der Waals surface area contributed by atoms with Gasteiger partial charge in [-0.2, -0.15) is 5.26 Å². The number of nitriles is 1. The van der Waals surface area contributed by atoms with Crippen molar-refractivity contribution < 1.29 is 4.39 Å². The van der Waals surface area contributed by atoms with Crippen LogP contribution in [0.1, 0.15) is 19.4 Å². The molecule has 92 valence electrons. The summed E-state index contributed by atoms with van der Waals surface area (Å²) in [5, 5.41) is 11.6. The molecule has 0 aromatic heterocycles. The topological polar surface area (TPSA) is 39.1 Å². The third-order valence-corrected chi connectivity index (χ3v) is 2.76.